The van der Waals surface area contributed by atoms with Gasteiger partial charge in [-0.3, -0.25) is 0 Å². The van der Waals surface area contributed by atoms with Gasteiger partial charge in [0, 0.05) is 24.9 Å². The second-order valence-electron chi connectivity index (χ2n) is 8.40. The molecule has 2 saturated heterocycles. The number of benzene rings is 1. The average Bonchev–Trinajstić information content (AvgIpc) is 3.23. The molecule has 9 nitrogen and oxygen atoms in total. The Morgan fingerprint density at radius 3 is 2.62 bits per heavy atom. The van der Waals surface area contributed by atoms with Crippen molar-refractivity contribution < 1.29 is 27.9 Å². The van der Waals surface area contributed by atoms with Crippen molar-refractivity contribution in [1.29, 1.82) is 5.26 Å². The van der Waals surface area contributed by atoms with E-state index in [1.54, 1.807) is 11.8 Å². The molecule has 2 aliphatic rings. The topological polar surface area (TPSA) is 111 Å². The molecule has 3 heterocycles. The van der Waals surface area contributed by atoms with Crippen molar-refractivity contribution >= 4 is 6.09 Å². The number of nitrogens with zero attached hydrogens (tertiary/aromatic N) is 4. The average molecular weight is 444 g/mol. The van der Waals surface area contributed by atoms with Crippen LogP contribution in [0, 0.1) is 29.0 Å². The number of halogens is 1. The number of carbonyl (C=O) groups is 1. The minimum Gasteiger partial charge on any atom is -0.447 e. The summed E-state index contributed by atoms with van der Waals surface area (Å²) < 4.78 is 36.9. The highest BCUT2D eigenvalue weighted by molar-refractivity contribution is 5.68. The molecule has 2 aliphatic heterocycles. The van der Waals surface area contributed by atoms with E-state index >= 15 is 0 Å². The highest BCUT2D eigenvalue weighted by Gasteiger charge is 2.44. The van der Waals surface area contributed by atoms with Crippen LogP contribution in [0.5, 0.6) is 0 Å². The summed E-state index contributed by atoms with van der Waals surface area (Å²) in [4.78, 5) is 18.3. The first-order chi connectivity index (χ1) is 15.4. The lowest BCUT2D eigenvalue weighted by Gasteiger charge is -2.46. The van der Waals surface area contributed by atoms with Gasteiger partial charge in [-0.2, -0.15) is 10.2 Å². The van der Waals surface area contributed by atoms with Crippen molar-refractivity contribution in [3.8, 4) is 17.5 Å². The van der Waals surface area contributed by atoms with E-state index in [0.717, 1.165) is 6.07 Å². The van der Waals surface area contributed by atoms with Gasteiger partial charge in [-0.1, -0.05) is 5.16 Å². The second-order valence-corrected chi connectivity index (χ2v) is 8.40. The van der Waals surface area contributed by atoms with Crippen LogP contribution in [0.15, 0.2) is 22.7 Å². The number of amides is 1. The normalized spacial score (nSPS) is 23.6. The maximum atomic E-state index is 14.3. The van der Waals surface area contributed by atoms with E-state index in [1.807, 2.05) is 19.9 Å². The molecule has 10 heteroatoms. The summed E-state index contributed by atoms with van der Waals surface area (Å²) in [6, 6.07) is 5.96. The Morgan fingerprint density at radius 2 is 2.00 bits per heavy atom. The first kappa shape index (κ1) is 22.2. The molecule has 32 heavy (non-hydrogen) atoms. The van der Waals surface area contributed by atoms with Crippen LogP contribution < -0.4 is 0 Å². The lowest BCUT2D eigenvalue weighted by molar-refractivity contribution is -0.167. The van der Waals surface area contributed by atoms with Crippen LogP contribution in [0.25, 0.3) is 11.4 Å². The molecular weight excluding hydrogens is 419 g/mol. The minimum absolute atomic E-state index is 0.0111. The molecule has 0 N–H and O–H groups in total. The fraction of sp³-hybridized carbons (Fsp3) is 0.545. The predicted octanol–water partition coefficient (Wildman–Crippen LogP) is 3.32. The maximum Gasteiger partial charge on any atom is 0.410 e. The van der Waals surface area contributed by atoms with E-state index in [-0.39, 0.29) is 53.0 Å². The van der Waals surface area contributed by atoms with Crippen molar-refractivity contribution in [3.05, 3.63) is 35.5 Å². The number of hydrogen-bond acceptors (Lipinski definition) is 8. The number of hydrogen-bond donors (Lipinski definition) is 0. The zero-order chi connectivity index (χ0) is 22.8. The van der Waals surface area contributed by atoms with Gasteiger partial charge in [-0.25, -0.2) is 9.18 Å². The Balaban J connectivity index is 1.44. The Hall–Kier alpha value is -3.03. The largest absolute Gasteiger partial charge is 0.447 e. The fourth-order valence-electron chi connectivity index (χ4n) is 4.12. The smallest absolute Gasteiger partial charge is 0.410 e. The first-order valence-corrected chi connectivity index (χ1v) is 10.6. The molecule has 0 saturated carbocycles. The van der Waals surface area contributed by atoms with Crippen LogP contribution in [-0.4, -0.2) is 59.6 Å². The van der Waals surface area contributed by atoms with Gasteiger partial charge in [0.1, 0.15) is 11.9 Å². The van der Waals surface area contributed by atoms with E-state index in [2.05, 4.69) is 10.1 Å². The summed E-state index contributed by atoms with van der Waals surface area (Å²) >= 11 is 0. The number of carbonyl (C=O) groups excluding carboxylic acids is 1. The third-order valence-corrected chi connectivity index (χ3v) is 5.59. The second kappa shape index (κ2) is 9.22. The van der Waals surface area contributed by atoms with Gasteiger partial charge in [0.25, 0.3) is 5.89 Å². The molecule has 2 unspecified atom stereocenters. The van der Waals surface area contributed by atoms with Gasteiger partial charge < -0.3 is 23.6 Å². The highest BCUT2D eigenvalue weighted by Crippen LogP contribution is 2.34. The number of rotatable bonds is 5. The zero-order valence-corrected chi connectivity index (χ0v) is 18.2. The summed E-state index contributed by atoms with van der Waals surface area (Å²) in [7, 11) is 0. The standard InChI is InChI=1S/C22H25FN4O5/c1-12(2)30-22(28)27-8-15-10-29-11-16(9-27)19(15)31-13(3)21-25-20(26-32-21)17-5-4-14(7-24)6-18(17)23/h4-6,12-13,15-16,19H,8-11H2,1-3H3/t13-,15?,16?,19?/m1/s1. The van der Waals surface area contributed by atoms with Crippen LogP contribution in [0.1, 0.15) is 38.3 Å². The molecule has 0 aliphatic carbocycles. The van der Waals surface area contributed by atoms with Crippen molar-refractivity contribution in [3.63, 3.8) is 0 Å². The van der Waals surface area contributed by atoms with Crippen LogP contribution in [-0.2, 0) is 14.2 Å². The number of fused-ring (bicyclic) bond motifs is 2. The monoisotopic (exact) mass is 444 g/mol. The summed E-state index contributed by atoms with van der Waals surface area (Å²) in [5.41, 5.74) is 0.359. The zero-order valence-electron chi connectivity index (χ0n) is 18.2. The molecule has 2 aromatic rings. The van der Waals surface area contributed by atoms with Crippen molar-refractivity contribution in [1.82, 2.24) is 15.0 Å². The summed E-state index contributed by atoms with van der Waals surface area (Å²) in [5.74, 6) is -0.306. The lowest BCUT2D eigenvalue weighted by Crippen LogP contribution is -2.58. The molecule has 3 atom stereocenters. The number of piperidine rings is 1. The molecule has 2 fully saturated rings. The Bertz CT molecular complexity index is 1010. The number of nitriles is 1. The third kappa shape index (κ3) is 4.59. The van der Waals surface area contributed by atoms with E-state index in [1.165, 1.54) is 12.1 Å². The van der Waals surface area contributed by atoms with Crippen LogP contribution in [0.4, 0.5) is 9.18 Å². The van der Waals surface area contributed by atoms with Gasteiger partial charge in [-0.05, 0) is 39.0 Å². The lowest BCUT2D eigenvalue weighted by atomic mass is 9.84. The highest BCUT2D eigenvalue weighted by atomic mass is 19.1. The van der Waals surface area contributed by atoms with E-state index in [0.29, 0.717) is 26.3 Å². The molecule has 1 amide bonds. The van der Waals surface area contributed by atoms with E-state index in [4.69, 9.17) is 24.0 Å². The number of ether oxygens (including phenoxy) is 3. The van der Waals surface area contributed by atoms with Gasteiger partial charge in [-0.15, -0.1) is 0 Å². The van der Waals surface area contributed by atoms with Crippen LogP contribution >= 0.6 is 0 Å². The molecule has 170 valence electrons. The number of likely N-dealkylation sites (tertiary alicyclic amines) is 1. The van der Waals surface area contributed by atoms with E-state index in [9.17, 15) is 9.18 Å². The number of aromatic nitrogens is 2. The quantitative estimate of drug-likeness (QED) is 0.691. The van der Waals surface area contributed by atoms with Crippen molar-refractivity contribution in [2.75, 3.05) is 26.3 Å². The Morgan fingerprint density at radius 1 is 1.28 bits per heavy atom. The minimum atomic E-state index is -0.600. The Labute approximate surface area is 185 Å². The molecule has 4 rings (SSSR count). The van der Waals surface area contributed by atoms with E-state index < -0.39 is 11.9 Å². The van der Waals surface area contributed by atoms with Gasteiger partial charge in [0.2, 0.25) is 5.82 Å². The molecule has 0 spiro atoms. The molecule has 0 radical (unpaired) electrons. The van der Waals surface area contributed by atoms with Gasteiger partial charge in [0.05, 0.1) is 42.6 Å². The SMILES string of the molecule is CC(C)OC(=O)N1CC2COCC(C1)C2O[C@H](C)c1nc(-c2ccc(C#N)cc2F)no1. The summed E-state index contributed by atoms with van der Waals surface area (Å²) in [5, 5.41) is 12.8. The fourth-order valence-corrected chi connectivity index (χ4v) is 4.12. The molecular formula is C22H25FN4O5. The van der Waals surface area contributed by atoms with Crippen molar-refractivity contribution in [2.45, 2.75) is 39.1 Å². The Kier molecular flexibility index (Phi) is 6.39. The van der Waals surface area contributed by atoms with Gasteiger partial charge in [0.15, 0.2) is 0 Å². The van der Waals surface area contributed by atoms with Gasteiger partial charge >= 0.3 is 6.09 Å². The van der Waals surface area contributed by atoms with Crippen molar-refractivity contribution in [2.24, 2.45) is 11.8 Å². The molecule has 2 bridgehead atoms. The predicted molar refractivity (Wildman–Crippen MR) is 109 cm³/mol. The third-order valence-electron chi connectivity index (χ3n) is 5.59. The molecule has 1 aromatic heterocycles. The summed E-state index contributed by atoms with van der Waals surface area (Å²) in [6.07, 6.45) is -1.18. The van der Waals surface area contributed by atoms with Crippen LogP contribution in [0.3, 0.4) is 0 Å². The maximum absolute atomic E-state index is 14.3. The summed E-state index contributed by atoms with van der Waals surface area (Å²) in [6.45, 7) is 7.34. The van der Waals surface area contributed by atoms with Crippen LogP contribution in [0.2, 0.25) is 0 Å². The first-order valence-electron chi connectivity index (χ1n) is 10.6. The molecule has 1 aromatic carbocycles.